The van der Waals surface area contributed by atoms with Crippen molar-refractivity contribution in [2.45, 2.75) is 6.54 Å². The van der Waals surface area contributed by atoms with E-state index in [0.29, 0.717) is 44.1 Å². The summed E-state index contributed by atoms with van der Waals surface area (Å²) < 4.78 is 11.1. The van der Waals surface area contributed by atoms with Crippen LogP contribution in [-0.2, 0) is 6.54 Å². The number of hydrogen-bond donors (Lipinski definition) is 1. The smallest absolute Gasteiger partial charge is 0.344 e. The maximum Gasteiger partial charge on any atom is 0.344 e. The van der Waals surface area contributed by atoms with Crippen molar-refractivity contribution in [3.05, 3.63) is 103 Å². The van der Waals surface area contributed by atoms with Crippen molar-refractivity contribution in [1.82, 2.24) is 4.90 Å². The lowest BCUT2D eigenvalue weighted by atomic mass is 9.99. The number of aromatic hydroxyl groups is 1. The molecule has 1 aliphatic rings. The van der Waals surface area contributed by atoms with Gasteiger partial charge in [-0.15, -0.1) is 0 Å². The molecule has 0 unspecified atom stereocenters. The third-order valence-electron chi connectivity index (χ3n) is 6.90. The lowest BCUT2D eigenvalue weighted by molar-refractivity contribution is 0.246. The fourth-order valence-electron chi connectivity index (χ4n) is 4.99. The second-order valence-corrected chi connectivity index (χ2v) is 10.2. The number of benzene rings is 3. The van der Waals surface area contributed by atoms with E-state index < -0.39 is 11.3 Å². The van der Waals surface area contributed by atoms with E-state index in [0.717, 1.165) is 31.9 Å². The van der Waals surface area contributed by atoms with Gasteiger partial charge in [-0.05, 0) is 54.6 Å². The van der Waals surface area contributed by atoms with Crippen LogP contribution in [0.4, 0.5) is 5.69 Å². The summed E-state index contributed by atoms with van der Waals surface area (Å²) in [6, 6.07) is 18.9. The van der Waals surface area contributed by atoms with E-state index in [9.17, 15) is 14.7 Å². The molecule has 0 amide bonds. The molecule has 9 heteroatoms. The van der Waals surface area contributed by atoms with Crippen LogP contribution < -0.4 is 16.2 Å². The first-order valence-corrected chi connectivity index (χ1v) is 12.9. The van der Waals surface area contributed by atoms with Gasteiger partial charge < -0.3 is 18.8 Å². The van der Waals surface area contributed by atoms with Crippen molar-refractivity contribution in [2.75, 3.05) is 31.1 Å². The molecule has 3 heterocycles. The lowest BCUT2D eigenvalue weighted by Crippen LogP contribution is -2.46. The Hall–Kier alpha value is -3.78. The van der Waals surface area contributed by atoms with Gasteiger partial charge in [0.05, 0.1) is 11.1 Å². The Labute approximate surface area is 227 Å². The minimum absolute atomic E-state index is 0.0207. The molecule has 0 atom stereocenters. The van der Waals surface area contributed by atoms with Crippen LogP contribution in [0.25, 0.3) is 33.1 Å². The Balaban J connectivity index is 1.36. The molecule has 0 bridgehead atoms. The topological polar surface area (TPSA) is 87.1 Å². The van der Waals surface area contributed by atoms with Crippen molar-refractivity contribution in [3.63, 3.8) is 0 Å². The molecule has 192 valence electrons. The Morgan fingerprint density at radius 1 is 0.816 bits per heavy atom. The molecule has 1 saturated heterocycles. The van der Waals surface area contributed by atoms with E-state index in [1.54, 1.807) is 36.4 Å². The number of fused-ring (bicyclic) bond motifs is 2. The van der Waals surface area contributed by atoms with Crippen LogP contribution in [0.3, 0.4) is 0 Å². The number of halogens is 2. The summed E-state index contributed by atoms with van der Waals surface area (Å²) in [5.74, 6) is 0.0207. The molecule has 0 spiro atoms. The molecule has 6 rings (SSSR count). The first-order chi connectivity index (χ1) is 18.4. The Morgan fingerprint density at radius 2 is 1.61 bits per heavy atom. The summed E-state index contributed by atoms with van der Waals surface area (Å²) in [6.07, 6.45) is 0. The maximum atomic E-state index is 12.9. The van der Waals surface area contributed by atoms with E-state index in [1.807, 2.05) is 24.3 Å². The van der Waals surface area contributed by atoms with Crippen LogP contribution in [0.15, 0.2) is 85.2 Å². The van der Waals surface area contributed by atoms with Crippen LogP contribution in [0.5, 0.6) is 5.75 Å². The van der Waals surface area contributed by atoms with Crippen LogP contribution in [0.2, 0.25) is 10.0 Å². The number of phenolic OH excluding ortho intramolecular Hbond substituents is 1. The largest absolute Gasteiger partial charge is 0.507 e. The first kappa shape index (κ1) is 24.6. The highest BCUT2D eigenvalue weighted by atomic mass is 35.5. The summed E-state index contributed by atoms with van der Waals surface area (Å²) in [7, 11) is 0. The van der Waals surface area contributed by atoms with Crippen molar-refractivity contribution >= 4 is 50.8 Å². The second-order valence-electron chi connectivity index (χ2n) is 9.29. The van der Waals surface area contributed by atoms with Crippen LogP contribution in [-0.4, -0.2) is 36.2 Å². The molecular formula is C29H22Cl2N2O5. The van der Waals surface area contributed by atoms with Crippen molar-refractivity contribution in [2.24, 2.45) is 0 Å². The molecule has 0 saturated carbocycles. The highest BCUT2D eigenvalue weighted by molar-refractivity contribution is 6.31. The number of hydrogen-bond acceptors (Lipinski definition) is 7. The average Bonchev–Trinajstić information content (AvgIpc) is 2.90. The zero-order valence-corrected chi connectivity index (χ0v) is 21.6. The average molecular weight is 549 g/mol. The highest BCUT2D eigenvalue weighted by Gasteiger charge is 2.22. The molecule has 1 fully saturated rings. The third kappa shape index (κ3) is 4.65. The van der Waals surface area contributed by atoms with E-state index in [-0.39, 0.29) is 16.9 Å². The van der Waals surface area contributed by atoms with E-state index >= 15 is 0 Å². The minimum Gasteiger partial charge on any atom is -0.507 e. The molecule has 1 N–H and O–H groups in total. The normalized spacial score (nSPS) is 14.4. The van der Waals surface area contributed by atoms with Crippen LogP contribution in [0.1, 0.15) is 5.56 Å². The fourth-order valence-corrected chi connectivity index (χ4v) is 5.36. The molecule has 5 aromatic rings. The zero-order valence-electron chi connectivity index (χ0n) is 20.1. The molecule has 7 nitrogen and oxygen atoms in total. The summed E-state index contributed by atoms with van der Waals surface area (Å²) in [5.41, 5.74) is 1.57. The van der Waals surface area contributed by atoms with E-state index in [1.165, 1.54) is 6.07 Å². The van der Waals surface area contributed by atoms with Crippen LogP contribution in [0, 0.1) is 0 Å². The molecule has 3 aromatic carbocycles. The van der Waals surface area contributed by atoms with Gasteiger partial charge in [-0.25, -0.2) is 9.59 Å². The predicted octanol–water partition coefficient (Wildman–Crippen LogP) is 5.90. The van der Waals surface area contributed by atoms with Gasteiger partial charge in [-0.1, -0.05) is 29.3 Å². The van der Waals surface area contributed by atoms with Gasteiger partial charge in [0.2, 0.25) is 0 Å². The Bertz CT molecular complexity index is 1810. The van der Waals surface area contributed by atoms with Crippen molar-refractivity contribution < 1.29 is 13.9 Å². The Morgan fingerprint density at radius 3 is 2.39 bits per heavy atom. The van der Waals surface area contributed by atoms with Gasteiger partial charge in [0.15, 0.2) is 0 Å². The summed E-state index contributed by atoms with van der Waals surface area (Å²) in [6.45, 7) is 3.41. The third-order valence-corrected chi connectivity index (χ3v) is 7.37. The van der Waals surface area contributed by atoms with E-state index in [4.69, 9.17) is 32.0 Å². The molecule has 1 aliphatic heterocycles. The van der Waals surface area contributed by atoms with Crippen LogP contribution >= 0.6 is 23.2 Å². The standard InChI is InChI=1S/C29H22Cl2N2O5/c30-18-2-1-3-20(14-18)33-10-8-32(9-11-33)16-24-25(34)6-5-21-22(15-27(35)38-28(21)24)23-13-17-12-19(31)4-7-26(17)37-29(23)36/h1-7,12-15,34H,8-11,16H2. The number of rotatable bonds is 4. The quantitative estimate of drug-likeness (QED) is 0.279. The number of phenols is 1. The maximum absolute atomic E-state index is 12.9. The SMILES string of the molecule is O=c1cc(-c2cc3cc(Cl)ccc3oc2=O)c2ccc(O)c(CN3CCN(c4cccc(Cl)c4)CC3)c2o1. The van der Waals surface area contributed by atoms with Gasteiger partial charge in [0.25, 0.3) is 0 Å². The number of anilines is 1. The van der Waals surface area contributed by atoms with Crippen molar-refractivity contribution in [1.29, 1.82) is 0 Å². The molecule has 2 aromatic heterocycles. The lowest BCUT2D eigenvalue weighted by Gasteiger charge is -2.36. The van der Waals surface area contributed by atoms with Gasteiger partial charge in [-0.2, -0.15) is 0 Å². The second kappa shape index (κ2) is 9.83. The fraction of sp³-hybridized carbons (Fsp3) is 0.172. The molecule has 0 aliphatic carbocycles. The molecular weight excluding hydrogens is 527 g/mol. The van der Waals surface area contributed by atoms with Gasteiger partial charge in [-0.3, -0.25) is 4.90 Å². The van der Waals surface area contributed by atoms with Gasteiger partial charge in [0.1, 0.15) is 16.9 Å². The number of nitrogens with zero attached hydrogens (tertiary/aromatic N) is 2. The molecule has 38 heavy (non-hydrogen) atoms. The van der Waals surface area contributed by atoms with Gasteiger partial charge in [0, 0.05) is 70.9 Å². The molecule has 0 radical (unpaired) electrons. The zero-order chi connectivity index (χ0) is 26.4. The highest BCUT2D eigenvalue weighted by Crippen LogP contribution is 2.34. The Kier molecular flexibility index (Phi) is 6.35. The number of piperazine rings is 1. The summed E-state index contributed by atoms with van der Waals surface area (Å²) in [4.78, 5) is 30.0. The summed E-state index contributed by atoms with van der Waals surface area (Å²) >= 11 is 12.3. The van der Waals surface area contributed by atoms with Crippen molar-refractivity contribution in [3.8, 4) is 16.9 Å². The van der Waals surface area contributed by atoms with Gasteiger partial charge >= 0.3 is 11.3 Å². The minimum atomic E-state index is -0.629. The monoisotopic (exact) mass is 548 g/mol. The first-order valence-electron chi connectivity index (χ1n) is 12.1. The summed E-state index contributed by atoms with van der Waals surface area (Å²) in [5, 5.41) is 13.1. The van der Waals surface area contributed by atoms with E-state index in [2.05, 4.69) is 9.80 Å². The predicted molar refractivity (Wildman–Crippen MR) is 150 cm³/mol.